The number of nitrogens with two attached hydrogens (primary N) is 1. The number of hydrogen-bond acceptors (Lipinski definition) is 6. The first-order valence-electron chi connectivity index (χ1n) is 8.15. The molecule has 1 heterocycles. The van der Waals surface area contributed by atoms with Crippen molar-refractivity contribution in [3.8, 4) is 0 Å². The van der Waals surface area contributed by atoms with Gasteiger partial charge in [-0.3, -0.25) is 31.1 Å². The van der Waals surface area contributed by atoms with Gasteiger partial charge in [-0.25, -0.2) is 14.8 Å². The molecule has 0 radical (unpaired) electrons. The van der Waals surface area contributed by atoms with Gasteiger partial charge in [-0.15, -0.1) is 0 Å². The maximum atomic E-state index is 12.1. The number of amides is 4. The molecule has 0 unspecified atom stereocenters. The zero-order chi connectivity index (χ0) is 19.7. The third-order valence-electron chi connectivity index (χ3n) is 3.69. The number of aliphatic imine (C=N–C) groups is 1. The van der Waals surface area contributed by atoms with E-state index in [4.69, 9.17) is 11.1 Å². The van der Waals surface area contributed by atoms with Crippen LogP contribution in [0.15, 0.2) is 4.99 Å². The van der Waals surface area contributed by atoms with Crippen molar-refractivity contribution in [1.29, 1.82) is 5.41 Å². The number of nitrogens with zero attached hydrogens (tertiary/aromatic N) is 3. The Morgan fingerprint density at radius 1 is 1.50 bits per heavy atom. The predicted octanol–water partition coefficient (Wildman–Crippen LogP) is -1.92. The molecule has 1 aliphatic heterocycles. The molecule has 12 heteroatoms. The highest BCUT2D eigenvalue weighted by Crippen LogP contribution is 2.04. The minimum atomic E-state index is -0.582. The molecule has 146 valence electrons. The van der Waals surface area contributed by atoms with Crippen molar-refractivity contribution < 1.29 is 14.4 Å². The lowest BCUT2D eigenvalue weighted by atomic mass is 10.1. The van der Waals surface area contributed by atoms with Crippen LogP contribution in [-0.2, 0) is 9.59 Å². The molecule has 0 saturated heterocycles. The van der Waals surface area contributed by atoms with Crippen LogP contribution in [-0.4, -0.2) is 73.0 Å². The highest BCUT2D eigenvalue weighted by atomic mass is 16.2. The molecule has 0 aromatic carbocycles. The summed E-state index contributed by atoms with van der Waals surface area (Å²) in [5.41, 5.74) is 7.85. The summed E-state index contributed by atoms with van der Waals surface area (Å²) in [5, 5.41) is 16.1. The zero-order valence-corrected chi connectivity index (χ0v) is 15.3. The molecule has 4 amide bonds. The van der Waals surface area contributed by atoms with Crippen LogP contribution in [0.5, 0.6) is 0 Å². The second-order valence-electron chi connectivity index (χ2n) is 5.86. The van der Waals surface area contributed by atoms with Crippen molar-refractivity contribution in [2.24, 2.45) is 10.7 Å². The number of nitrogens with one attached hydrogen (secondary N) is 5. The van der Waals surface area contributed by atoms with Gasteiger partial charge in [0.25, 0.3) is 0 Å². The number of hydrazine groups is 1. The number of rotatable bonds is 8. The van der Waals surface area contributed by atoms with Gasteiger partial charge in [-0.1, -0.05) is 0 Å². The summed E-state index contributed by atoms with van der Waals surface area (Å²) in [5.74, 6) is -0.638. The second kappa shape index (κ2) is 10.2. The first-order valence-corrected chi connectivity index (χ1v) is 8.15. The van der Waals surface area contributed by atoms with Gasteiger partial charge in [-0.05, 0) is 19.9 Å². The van der Waals surface area contributed by atoms with Crippen molar-refractivity contribution in [3.63, 3.8) is 0 Å². The summed E-state index contributed by atoms with van der Waals surface area (Å²) in [7, 11) is 3.48. The molecule has 1 rings (SSSR count). The quantitative estimate of drug-likeness (QED) is 0.215. The predicted molar refractivity (Wildman–Crippen MR) is 95.9 cm³/mol. The van der Waals surface area contributed by atoms with E-state index in [2.05, 4.69) is 26.4 Å². The highest BCUT2D eigenvalue weighted by Gasteiger charge is 2.23. The normalized spacial score (nSPS) is 14.8. The zero-order valence-electron chi connectivity index (χ0n) is 15.3. The number of guanidine groups is 2. The number of carbonyl (C=O) groups is 3. The van der Waals surface area contributed by atoms with E-state index >= 15 is 0 Å². The second-order valence-corrected chi connectivity index (χ2v) is 5.86. The van der Waals surface area contributed by atoms with E-state index in [-0.39, 0.29) is 42.9 Å². The Morgan fingerprint density at radius 2 is 2.19 bits per heavy atom. The van der Waals surface area contributed by atoms with Crippen molar-refractivity contribution in [3.05, 3.63) is 0 Å². The van der Waals surface area contributed by atoms with Crippen molar-refractivity contribution in [2.45, 2.75) is 32.2 Å². The summed E-state index contributed by atoms with van der Waals surface area (Å²) in [6.45, 7) is 1.82. The summed E-state index contributed by atoms with van der Waals surface area (Å²) < 4.78 is 0. The topological polar surface area (TPSA) is 168 Å². The molecule has 0 saturated carbocycles. The summed E-state index contributed by atoms with van der Waals surface area (Å²) >= 11 is 0. The minimum Gasteiger partial charge on any atom is -0.370 e. The SMILES string of the molecule is CN[C@@H](CCCN(C)C(=N)N)CC(=O)NN1CN=C(NC(C)=O)NC1=O. The maximum Gasteiger partial charge on any atom is 0.344 e. The molecule has 0 fully saturated rings. The average Bonchev–Trinajstić information content (AvgIpc) is 2.55. The Kier molecular flexibility index (Phi) is 8.28. The van der Waals surface area contributed by atoms with Crippen LogP contribution in [0.2, 0.25) is 0 Å². The Labute approximate surface area is 152 Å². The average molecular weight is 369 g/mol. The first-order chi connectivity index (χ1) is 12.2. The van der Waals surface area contributed by atoms with E-state index < -0.39 is 6.03 Å². The fourth-order valence-electron chi connectivity index (χ4n) is 2.20. The number of urea groups is 1. The van der Waals surface area contributed by atoms with E-state index in [1.54, 1.807) is 19.0 Å². The Balaban J connectivity index is 2.42. The molecule has 0 spiro atoms. The van der Waals surface area contributed by atoms with E-state index in [0.29, 0.717) is 13.0 Å². The fourth-order valence-corrected chi connectivity index (χ4v) is 2.20. The van der Waals surface area contributed by atoms with Gasteiger partial charge in [-0.2, -0.15) is 0 Å². The summed E-state index contributed by atoms with van der Waals surface area (Å²) in [6, 6.07) is -0.664. The molecule has 1 aliphatic rings. The maximum absolute atomic E-state index is 12.1. The summed E-state index contributed by atoms with van der Waals surface area (Å²) in [4.78, 5) is 40.6. The van der Waals surface area contributed by atoms with Gasteiger partial charge in [0.1, 0.15) is 6.67 Å². The fraction of sp³-hybridized carbons (Fsp3) is 0.643. The van der Waals surface area contributed by atoms with Crippen LogP contribution in [0, 0.1) is 5.41 Å². The molecule has 12 nitrogen and oxygen atoms in total. The first kappa shape index (κ1) is 21.2. The molecule has 7 N–H and O–H groups in total. The Bertz CT molecular complexity index is 578. The van der Waals surface area contributed by atoms with Gasteiger partial charge < -0.3 is 16.0 Å². The third-order valence-corrected chi connectivity index (χ3v) is 3.69. The van der Waals surface area contributed by atoms with Crippen molar-refractivity contribution in [1.82, 2.24) is 31.3 Å². The van der Waals surface area contributed by atoms with Crippen LogP contribution in [0.3, 0.4) is 0 Å². The van der Waals surface area contributed by atoms with Crippen LogP contribution in [0.25, 0.3) is 0 Å². The van der Waals surface area contributed by atoms with Crippen LogP contribution >= 0.6 is 0 Å². The van der Waals surface area contributed by atoms with Gasteiger partial charge in [0.05, 0.1) is 0 Å². The van der Waals surface area contributed by atoms with E-state index in [9.17, 15) is 14.4 Å². The van der Waals surface area contributed by atoms with E-state index in [1.807, 2.05) is 0 Å². The van der Waals surface area contributed by atoms with E-state index in [1.165, 1.54) is 6.92 Å². The lowest BCUT2D eigenvalue weighted by Gasteiger charge is -2.27. The molecule has 0 aromatic heterocycles. The minimum absolute atomic E-state index is 0.000881. The van der Waals surface area contributed by atoms with Crippen molar-refractivity contribution >= 4 is 29.8 Å². The number of carbonyl (C=O) groups excluding carboxylic acids is 3. The Morgan fingerprint density at radius 3 is 2.73 bits per heavy atom. The van der Waals surface area contributed by atoms with Crippen LogP contribution < -0.4 is 27.1 Å². The van der Waals surface area contributed by atoms with E-state index in [0.717, 1.165) is 11.4 Å². The monoisotopic (exact) mass is 369 g/mol. The Hall–Kier alpha value is -2.89. The van der Waals surface area contributed by atoms with Gasteiger partial charge in [0, 0.05) is 33.0 Å². The molecule has 0 bridgehead atoms. The standard InChI is InChI=1S/C14H27N9O3/c1-9(24)19-13-18-8-23(14(26)20-13)21-11(25)7-10(17-2)5-4-6-22(3)12(15)16/h10,17H,4-8H2,1-3H3,(H3,15,16)(H,21,25)(H2,18,19,20,24,26)/t10-/m0/s1. The smallest absolute Gasteiger partial charge is 0.344 e. The molecule has 0 aliphatic carbocycles. The van der Waals surface area contributed by atoms with Gasteiger partial charge >= 0.3 is 6.03 Å². The third kappa shape index (κ3) is 7.34. The van der Waals surface area contributed by atoms with Crippen LogP contribution in [0.1, 0.15) is 26.2 Å². The molecular formula is C14H27N9O3. The highest BCUT2D eigenvalue weighted by molar-refractivity contribution is 6.04. The van der Waals surface area contributed by atoms with Crippen LogP contribution in [0.4, 0.5) is 4.79 Å². The van der Waals surface area contributed by atoms with Gasteiger partial charge in [0.15, 0.2) is 5.96 Å². The lowest BCUT2D eigenvalue weighted by molar-refractivity contribution is -0.125. The number of hydrogen-bond donors (Lipinski definition) is 6. The summed E-state index contributed by atoms with van der Waals surface area (Å²) in [6.07, 6.45) is 1.63. The largest absolute Gasteiger partial charge is 0.370 e. The lowest BCUT2D eigenvalue weighted by Crippen LogP contribution is -2.58. The molecular weight excluding hydrogens is 342 g/mol. The molecule has 1 atom stereocenters. The molecule has 0 aromatic rings. The molecule has 26 heavy (non-hydrogen) atoms. The van der Waals surface area contributed by atoms with Crippen molar-refractivity contribution in [2.75, 3.05) is 27.3 Å². The van der Waals surface area contributed by atoms with Gasteiger partial charge in [0.2, 0.25) is 17.8 Å².